The first-order valence-corrected chi connectivity index (χ1v) is 6.51. The Bertz CT molecular complexity index is 226. The Morgan fingerprint density at radius 2 is 1.59 bits per heavy atom. The number of hydrogen-bond acceptors (Lipinski definition) is 3. The molecule has 0 atom stereocenters. The molecule has 17 heavy (non-hydrogen) atoms. The summed E-state index contributed by atoms with van der Waals surface area (Å²) in [7, 11) is 0. The van der Waals surface area contributed by atoms with E-state index in [2.05, 4.69) is 4.99 Å². The fraction of sp³-hybridized carbons (Fsp3) is 0.714. The minimum Gasteiger partial charge on any atom is -0.461 e. The van der Waals surface area contributed by atoms with E-state index in [-0.39, 0.29) is 5.97 Å². The SMILES string of the molecule is CC.CC.CC/C=C(\N=C(C)C)C(=O)OCC. The summed E-state index contributed by atoms with van der Waals surface area (Å²) in [6.45, 7) is 15.8. The lowest BCUT2D eigenvalue weighted by Gasteiger charge is -2.01. The zero-order valence-electron chi connectivity index (χ0n) is 12.8. The van der Waals surface area contributed by atoms with Gasteiger partial charge in [0.25, 0.3) is 0 Å². The number of hydrogen-bond donors (Lipinski definition) is 0. The van der Waals surface area contributed by atoms with Crippen molar-refractivity contribution >= 4 is 11.7 Å². The predicted octanol–water partition coefficient (Wildman–Crippen LogP) is 4.38. The Balaban J connectivity index is -0.000000439. The lowest BCUT2D eigenvalue weighted by Crippen LogP contribution is -2.07. The van der Waals surface area contributed by atoms with Gasteiger partial charge in [0, 0.05) is 5.71 Å². The van der Waals surface area contributed by atoms with Crippen LogP contribution in [0.5, 0.6) is 0 Å². The Labute approximate surface area is 107 Å². The summed E-state index contributed by atoms with van der Waals surface area (Å²) in [5.41, 5.74) is 1.26. The molecule has 0 amide bonds. The maximum absolute atomic E-state index is 11.3. The molecule has 102 valence electrons. The molecule has 3 heteroatoms. The third kappa shape index (κ3) is 14.9. The van der Waals surface area contributed by atoms with Gasteiger partial charge >= 0.3 is 5.97 Å². The molecule has 0 saturated heterocycles. The average molecular weight is 243 g/mol. The molecule has 0 spiro atoms. The van der Waals surface area contributed by atoms with E-state index in [1.165, 1.54) is 0 Å². The highest BCUT2D eigenvalue weighted by atomic mass is 16.5. The third-order valence-electron chi connectivity index (χ3n) is 1.23. The minimum atomic E-state index is -0.342. The largest absolute Gasteiger partial charge is 0.461 e. The van der Waals surface area contributed by atoms with Gasteiger partial charge in [0.15, 0.2) is 0 Å². The van der Waals surface area contributed by atoms with Gasteiger partial charge in [0.2, 0.25) is 0 Å². The second-order valence-corrected chi connectivity index (χ2v) is 2.78. The van der Waals surface area contributed by atoms with Crippen molar-refractivity contribution in [1.82, 2.24) is 0 Å². The van der Waals surface area contributed by atoms with E-state index >= 15 is 0 Å². The van der Waals surface area contributed by atoms with Gasteiger partial charge in [0.1, 0.15) is 5.70 Å². The lowest BCUT2D eigenvalue weighted by atomic mass is 10.3. The van der Waals surface area contributed by atoms with Crippen molar-refractivity contribution in [3.8, 4) is 0 Å². The highest BCUT2D eigenvalue weighted by Crippen LogP contribution is 2.03. The van der Waals surface area contributed by atoms with Crippen LogP contribution in [0.2, 0.25) is 0 Å². The Morgan fingerprint density at radius 3 is 1.88 bits per heavy atom. The zero-order chi connectivity index (χ0) is 14.3. The Morgan fingerprint density at radius 1 is 1.12 bits per heavy atom. The van der Waals surface area contributed by atoms with Crippen LogP contribution in [-0.4, -0.2) is 18.3 Å². The summed E-state index contributed by atoms with van der Waals surface area (Å²) in [5, 5.41) is 0. The highest BCUT2D eigenvalue weighted by molar-refractivity contribution is 5.92. The molecule has 0 fully saturated rings. The molecule has 3 nitrogen and oxygen atoms in total. The van der Waals surface area contributed by atoms with Crippen molar-refractivity contribution in [2.75, 3.05) is 6.61 Å². The molecule has 0 unspecified atom stereocenters. The first kappa shape index (κ1) is 21.2. The predicted molar refractivity (Wildman–Crippen MR) is 76.5 cm³/mol. The molecule has 0 aromatic rings. The van der Waals surface area contributed by atoms with Crippen LogP contribution in [0.15, 0.2) is 16.8 Å². The van der Waals surface area contributed by atoms with Crippen LogP contribution in [0.3, 0.4) is 0 Å². The second-order valence-electron chi connectivity index (χ2n) is 2.78. The van der Waals surface area contributed by atoms with E-state index in [1.54, 1.807) is 13.0 Å². The number of allylic oxidation sites excluding steroid dienone is 1. The van der Waals surface area contributed by atoms with Gasteiger partial charge in [-0.1, -0.05) is 40.7 Å². The monoisotopic (exact) mass is 243 g/mol. The van der Waals surface area contributed by atoms with Crippen LogP contribution in [0.1, 0.15) is 61.8 Å². The van der Waals surface area contributed by atoms with Crippen LogP contribution in [0.4, 0.5) is 0 Å². The molecule has 0 N–H and O–H groups in total. The molecule has 0 rings (SSSR count). The quantitative estimate of drug-likeness (QED) is 0.417. The maximum Gasteiger partial charge on any atom is 0.356 e. The van der Waals surface area contributed by atoms with Gasteiger partial charge in [-0.25, -0.2) is 4.79 Å². The van der Waals surface area contributed by atoms with Crippen LogP contribution in [0.25, 0.3) is 0 Å². The van der Waals surface area contributed by atoms with E-state index in [1.807, 2.05) is 48.5 Å². The van der Waals surface area contributed by atoms with Gasteiger partial charge in [-0.3, -0.25) is 4.99 Å². The molecule has 0 aliphatic rings. The summed E-state index contributed by atoms with van der Waals surface area (Å²) < 4.78 is 4.84. The highest BCUT2D eigenvalue weighted by Gasteiger charge is 2.07. The van der Waals surface area contributed by atoms with Gasteiger partial charge < -0.3 is 4.74 Å². The van der Waals surface area contributed by atoms with Crippen molar-refractivity contribution in [3.63, 3.8) is 0 Å². The van der Waals surface area contributed by atoms with Gasteiger partial charge in [-0.15, -0.1) is 0 Å². The summed E-state index contributed by atoms with van der Waals surface area (Å²) in [6, 6.07) is 0. The number of aliphatic imine (C=N–C) groups is 1. The van der Waals surface area contributed by atoms with Gasteiger partial charge in [0.05, 0.1) is 6.61 Å². The number of rotatable bonds is 4. The second kappa shape index (κ2) is 17.3. The van der Waals surface area contributed by atoms with Crippen LogP contribution in [-0.2, 0) is 9.53 Å². The number of esters is 1. The smallest absolute Gasteiger partial charge is 0.356 e. The van der Waals surface area contributed by atoms with E-state index < -0.39 is 0 Å². The van der Waals surface area contributed by atoms with E-state index in [0.717, 1.165) is 12.1 Å². The summed E-state index contributed by atoms with van der Waals surface area (Å²) >= 11 is 0. The summed E-state index contributed by atoms with van der Waals surface area (Å²) in [5.74, 6) is -0.342. The fourth-order valence-corrected chi connectivity index (χ4v) is 0.814. The molecule has 0 aliphatic carbocycles. The molecule has 0 aromatic carbocycles. The molecule has 0 bridgehead atoms. The van der Waals surface area contributed by atoms with Gasteiger partial charge in [-0.2, -0.15) is 0 Å². The zero-order valence-corrected chi connectivity index (χ0v) is 12.8. The number of carbonyl (C=O) groups is 1. The van der Waals surface area contributed by atoms with Crippen molar-refractivity contribution in [3.05, 3.63) is 11.8 Å². The molecular weight excluding hydrogens is 214 g/mol. The first-order valence-electron chi connectivity index (χ1n) is 6.51. The topological polar surface area (TPSA) is 38.7 Å². The van der Waals surface area contributed by atoms with Gasteiger partial charge in [-0.05, 0) is 27.2 Å². The lowest BCUT2D eigenvalue weighted by molar-refractivity contribution is -0.138. The normalized spacial score (nSPS) is 9.06. The number of carbonyl (C=O) groups excluding carboxylic acids is 1. The van der Waals surface area contributed by atoms with E-state index in [4.69, 9.17) is 4.74 Å². The summed E-state index contributed by atoms with van der Waals surface area (Å²) in [4.78, 5) is 15.4. The van der Waals surface area contributed by atoms with Crippen molar-refractivity contribution in [2.24, 2.45) is 4.99 Å². The third-order valence-corrected chi connectivity index (χ3v) is 1.23. The molecule has 0 saturated carbocycles. The molecular formula is C14H29NO2. The fourth-order valence-electron chi connectivity index (χ4n) is 0.814. The van der Waals surface area contributed by atoms with E-state index in [9.17, 15) is 4.79 Å². The molecule has 0 aliphatic heterocycles. The van der Waals surface area contributed by atoms with Crippen LogP contribution in [0, 0.1) is 0 Å². The number of ether oxygens (including phenoxy) is 1. The van der Waals surface area contributed by atoms with Crippen LogP contribution >= 0.6 is 0 Å². The molecule has 0 radical (unpaired) electrons. The van der Waals surface area contributed by atoms with Crippen molar-refractivity contribution < 1.29 is 9.53 Å². The molecule has 0 aromatic heterocycles. The number of nitrogens with zero attached hydrogens (tertiary/aromatic N) is 1. The first-order chi connectivity index (χ1) is 8.11. The Hall–Kier alpha value is -1.12. The Kier molecular flexibility index (Phi) is 21.5. The van der Waals surface area contributed by atoms with E-state index in [0.29, 0.717) is 12.3 Å². The van der Waals surface area contributed by atoms with Crippen LogP contribution < -0.4 is 0 Å². The van der Waals surface area contributed by atoms with Crippen molar-refractivity contribution in [1.29, 1.82) is 0 Å². The minimum absolute atomic E-state index is 0.342. The van der Waals surface area contributed by atoms with Crippen molar-refractivity contribution in [2.45, 2.75) is 61.8 Å². The standard InChI is InChI=1S/C10H17NO2.2C2H6/c1-5-7-9(11-8(3)4)10(12)13-6-2;2*1-2/h7H,5-6H2,1-4H3;2*1-2H3/b9-7-;;. The summed E-state index contributed by atoms with van der Waals surface area (Å²) in [6.07, 6.45) is 2.55. The maximum atomic E-state index is 11.3. The molecule has 0 heterocycles. The average Bonchev–Trinajstić information content (AvgIpc) is 2.33.